The molecule has 0 fully saturated rings. The highest BCUT2D eigenvalue weighted by Gasteiger charge is 2.20. The number of benzene rings is 2. The van der Waals surface area contributed by atoms with Gasteiger partial charge in [0.1, 0.15) is 12.4 Å². The molecule has 140 valence electrons. The van der Waals surface area contributed by atoms with Crippen LogP contribution in [-0.2, 0) is 0 Å². The van der Waals surface area contributed by atoms with E-state index in [-0.39, 0.29) is 5.92 Å². The van der Waals surface area contributed by atoms with Gasteiger partial charge in [0.05, 0.1) is 0 Å². The van der Waals surface area contributed by atoms with E-state index in [1.54, 1.807) is 0 Å². The zero-order valence-electron chi connectivity index (χ0n) is 16.6. The van der Waals surface area contributed by atoms with E-state index in [1.165, 1.54) is 22.3 Å². The lowest BCUT2D eigenvalue weighted by molar-refractivity contribution is 0.261. The Balaban J connectivity index is 1.91. The van der Waals surface area contributed by atoms with Gasteiger partial charge in [-0.3, -0.25) is 0 Å². The molecule has 0 spiro atoms. The number of hydrogen-bond acceptors (Lipinski definition) is 2. The molecule has 1 atom stereocenters. The van der Waals surface area contributed by atoms with Crippen molar-refractivity contribution in [1.82, 2.24) is 4.90 Å². The minimum Gasteiger partial charge on any atom is -0.492 e. The monoisotopic (exact) mass is 359 g/mol. The maximum absolute atomic E-state index is 5.87. The van der Waals surface area contributed by atoms with Crippen molar-refractivity contribution in [3.63, 3.8) is 0 Å². The Bertz CT molecular complexity index is 799. The van der Waals surface area contributed by atoms with Gasteiger partial charge in [0, 0.05) is 12.5 Å². The van der Waals surface area contributed by atoms with Crippen LogP contribution in [0.2, 0.25) is 0 Å². The van der Waals surface area contributed by atoms with Crippen molar-refractivity contribution in [3.8, 4) is 5.75 Å². The fraction of sp³-hybridized carbons (Fsp3) is 0.280. The summed E-state index contributed by atoms with van der Waals surface area (Å²) < 4.78 is 5.87. The van der Waals surface area contributed by atoms with Crippen LogP contribution in [0.4, 0.5) is 0 Å². The highest BCUT2D eigenvalue weighted by molar-refractivity contribution is 5.51. The molecule has 0 saturated carbocycles. The normalized spacial score (nSPS) is 14.0. The summed E-state index contributed by atoms with van der Waals surface area (Å²) in [5.41, 5.74) is 5.42. The quantitative estimate of drug-likeness (QED) is 0.609. The SMILES string of the molecule is CCC(=C1C=CC=C1)C(c1ccccc1)c1ccc(OCCN(C)C)cc1. The van der Waals surface area contributed by atoms with Crippen LogP contribution < -0.4 is 4.74 Å². The summed E-state index contributed by atoms with van der Waals surface area (Å²) >= 11 is 0. The summed E-state index contributed by atoms with van der Waals surface area (Å²) in [5.74, 6) is 1.19. The van der Waals surface area contributed by atoms with Gasteiger partial charge < -0.3 is 9.64 Å². The average Bonchev–Trinajstić information content (AvgIpc) is 3.21. The summed E-state index contributed by atoms with van der Waals surface area (Å²) in [4.78, 5) is 2.13. The van der Waals surface area contributed by atoms with E-state index in [9.17, 15) is 0 Å². The van der Waals surface area contributed by atoms with Crippen LogP contribution in [0.15, 0.2) is 90.0 Å². The zero-order valence-corrected chi connectivity index (χ0v) is 16.6. The molecule has 2 nitrogen and oxygen atoms in total. The lowest BCUT2D eigenvalue weighted by Gasteiger charge is -2.23. The third kappa shape index (κ3) is 4.99. The molecule has 27 heavy (non-hydrogen) atoms. The Labute approximate surface area is 163 Å². The second-order valence-electron chi connectivity index (χ2n) is 7.12. The summed E-state index contributed by atoms with van der Waals surface area (Å²) in [7, 11) is 4.12. The van der Waals surface area contributed by atoms with Crippen LogP contribution in [0.25, 0.3) is 0 Å². The van der Waals surface area contributed by atoms with Crippen molar-refractivity contribution in [1.29, 1.82) is 0 Å². The molecule has 2 heteroatoms. The van der Waals surface area contributed by atoms with E-state index >= 15 is 0 Å². The summed E-state index contributed by atoms with van der Waals surface area (Å²) in [5, 5.41) is 0. The standard InChI is InChI=1S/C25H29NO/c1-4-24(20-10-8-9-11-20)25(21-12-6-5-7-13-21)22-14-16-23(17-15-22)27-19-18-26(2)3/h5-17,25H,4,18-19H2,1-3H3. The second-order valence-corrected chi connectivity index (χ2v) is 7.12. The molecule has 1 unspecified atom stereocenters. The van der Waals surface area contributed by atoms with Crippen LogP contribution >= 0.6 is 0 Å². The van der Waals surface area contributed by atoms with Crippen LogP contribution in [0.3, 0.4) is 0 Å². The van der Waals surface area contributed by atoms with Gasteiger partial charge in [-0.15, -0.1) is 0 Å². The Morgan fingerprint density at radius 3 is 2.11 bits per heavy atom. The van der Waals surface area contributed by atoms with E-state index in [0.717, 1.165) is 18.7 Å². The molecule has 2 aromatic rings. The van der Waals surface area contributed by atoms with Crippen LogP contribution in [-0.4, -0.2) is 32.1 Å². The molecule has 2 aromatic carbocycles. The first-order chi connectivity index (χ1) is 13.2. The molecule has 1 aliphatic rings. The van der Waals surface area contributed by atoms with E-state index in [4.69, 9.17) is 4.74 Å². The van der Waals surface area contributed by atoms with Gasteiger partial charge in [0.15, 0.2) is 0 Å². The largest absolute Gasteiger partial charge is 0.492 e. The Morgan fingerprint density at radius 2 is 1.52 bits per heavy atom. The average molecular weight is 360 g/mol. The summed E-state index contributed by atoms with van der Waals surface area (Å²) in [6.07, 6.45) is 9.69. The predicted octanol–water partition coefficient (Wildman–Crippen LogP) is 5.59. The van der Waals surface area contributed by atoms with Crippen LogP contribution in [0.5, 0.6) is 5.75 Å². The van der Waals surface area contributed by atoms with Gasteiger partial charge in [0.2, 0.25) is 0 Å². The Kier molecular flexibility index (Phi) is 6.67. The van der Waals surface area contributed by atoms with Gasteiger partial charge in [-0.25, -0.2) is 0 Å². The van der Waals surface area contributed by atoms with Gasteiger partial charge in [-0.2, -0.15) is 0 Å². The maximum Gasteiger partial charge on any atom is 0.119 e. The molecule has 0 bridgehead atoms. The third-order valence-corrected chi connectivity index (χ3v) is 4.92. The Morgan fingerprint density at radius 1 is 0.889 bits per heavy atom. The van der Waals surface area contributed by atoms with Crippen molar-refractivity contribution < 1.29 is 4.74 Å². The van der Waals surface area contributed by atoms with Crippen molar-refractivity contribution in [2.45, 2.75) is 19.3 Å². The molecule has 0 saturated heterocycles. The minimum atomic E-state index is 0.259. The number of likely N-dealkylation sites (N-methyl/N-ethyl adjacent to an activating group) is 1. The molecule has 3 rings (SSSR count). The first-order valence-electron chi connectivity index (χ1n) is 9.69. The summed E-state index contributed by atoms with van der Waals surface area (Å²) in [6.45, 7) is 3.87. The van der Waals surface area contributed by atoms with Gasteiger partial charge in [0.25, 0.3) is 0 Å². The van der Waals surface area contributed by atoms with E-state index in [1.807, 2.05) is 0 Å². The van der Waals surface area contributed by atoms with Crippen molar-refractivity contribution in [3.05, 3.63) is 101 Å². The van der Waals surface area contributed by atoms with E-state index < -0.39 is 0 Å². The lowest BCUT2D eigenvalue weighted by atomic mass is 9.81. The third-order valence-electron chi connectivity index (χ3n) is 4.92. The zero-order chi connectivity index (χ0) is 19.1. The highest BCUT2D eigenvalue weighted by atomic mass is 16.5. The van der Waals surface area contributed by atoms with Crippen molar-refractivity contribution in [2.75, 3.05) is 27.2 Å². The molecule has 0 radical (unpaired) electrons. The first kappa shape index (κ1) is 19.2. The van der Waals surface area contributed by atoms with Crippen molar-refractivity contribution in [2.24, 2.45) is 0 Å². The molecule has 0 aromatic heterocycles. The number of nitrogens with zero attached hydrogens (tertiary/aromatic N) is 1. The molecule has 0 aliphatic heterocycles. The number of hydrogen-bond donors (Lipinski definition) is 0. The highest BCUT2D eigenvalue weighted by Crippen LogP contribution is 2.37. The molecular weight excluding hydrogens is 330 g/mol. The molecule has 0 heterocycles. The topological polar surface area (TPSA) is 12.5 Å². The van der Waals surface area contributed by atoms with Crippen molar-refractivity contribution >= 4 is 0 Å². The fourth-order valence-electron chi connectivity index (χ4n) is 3.51. The second kappa shape index (κ2) is 9.38. The molecule has 0 N–H and O–H groups in total. The van der Waals surface area contributed by atoms with E-state index in [2.05, 4.69) is 105 Å². The van der Waals surface area contributed by atoms with Crippen LogP contribution in [0, 0.1) is 0 Å². The smallest absolute Gasteiger partial charge is 0.119 e. The predicted molar refractivity (Wildman–Crippen MR) is 114 cm³/mol. The van der Waals surface area contributed by atoms with Crippen LogP contribution in [0.1, 0.15) is 30.4 Å². The number of ether oxygens (including phenoxy) is 1. The van der Waals surface area contributed by atoms with Gasteiger partial charge in [-0.1, -0.05) is 79.3 Å². The lowest BCUT2D eigenvalue weighted by Crippen LogP contribution is -2.19. The minimum absolute atomic E-state index is 0.259. The fourth-order valence-corrected chi connectivity index (χ4v) is 3.51. The number of rotatable bonds is 8. The van der Waals surface area contributed by atoms with Gasteiger partial charge in [-0.05, 0) is 49.3 Å². The Hall–Kier alpha value is -2.58. The number of allylic oxidation sites excluding steroid dienone is 6. The maximum atomic E-state index is 5.87. The first-order valence-corrected chi connectivity index (χ1v) is 9.69. The summed E-state index contributed by atoms with van der Waals surface area (Å²) in [6, 6.07) is 19.4. The molecular formula is C25H29NO. The van der Waals surface area contributed by atoms with Gasteiger partial charge >= 0.3 is 0 Å². The molecule has 1 aliphatic carbocycles. The van der Waals surface area contributed by atoms with E-state index in [0.29, 0.717) is 6.61 Å². The molecule has 0 amide bonds.